The minimum Gasteiger partial charge on any atom is -0.378 e. The van der Waals surface area contributed by atoms with E-state index in [4.69, 9.17) is 10.5 Å². The minimum atomic E-state index is 0. The lowest BCUT2D eigenvalue weighted by Gasteiger charge is -2.26. The molecular weight excluding hydrogens is 354 g/mol. The van der Waals surface area contributed by atoms with Gasteiger partial charge in [0.05, 0.1) is 19.6 Å². The predicted molar refractivity (Wildman–Crippen MR) is 103 cm³/mol. The molecule has 2 fully saturated rings. The van der Waals surface area contributed by atoms with Gasteiger partial charge >= 0.3 is 0 Å². The van der Waals surface area contributed by atoms with Crippen LogP contribution in [0.5, 0.6) is 0 Å². The Balaban J connectivity index is 0.00000243. The van der Waals surface area contributed by atoms with E-state index in [0.717, 1.165) is 30.5 Å². The van der Waals surface area contributed by atoms with Gasteiger partial charge in [-0.15, -0.1) is 12.4 Å². The second-order valence-corrected chi connectivity index (χ2v) is 6.89. The molecule has 2 amide bonds. The lowest BCUT2D eigenvalue weighted by molar-refractivity contribution is -0.134. The Morgan fingerprint density at radius 2 is 1.85 bits per heavy atom. The molecule has 26 heavy (non-hydrogen) atoms. The lowest BCUT2D eigenvalue weighted by atomic mass is 9.95. The summed E-state index contributed by atoms with van der Waals surface area (Å²) in [5.41, 5.74) is 7.49. The number of morpholine rings is 1. The van der Waals surface area contributed by atoms with Crippen molar-refractivity contribution in [2.75, 3.05) is 38.2 Å². The van der Waals surface area contributed by atoms with Gasteiger partial charge in [0.15, 0.2) is 0 Å². The van der Waals surface area contributed by atoms with Crippen LogP contribution in [0.15, 0.2) is 24.3 Å². The molecule has 0 unspecified atom stereocenters. The molecule has 3 rings (SSSR count). The Bertz CT molecular complexity index is 603. The lowest BCUT2D eigenvalue weighted by Crippen LogP contribution is -2.41. The van der Waals surface area contributed by atoms with Crippen molar-refractivity contribution in [2.24, 2.45) is 17.6 Å². The van der Waals surface area contributed by atoms with E-state index in [9.17, 15) is 9.59 Å². The van der Waals surface area contributed by atoms with E-state index in [1.807, 2.05) is 29.2 Å². The van der Waals surface area contributed by atoms with Crippen LogP contribution in [0, 0.1) is 11.8 Å². The molecule has 1 saturated heterocycles. The largest absolute Gasteiger partial charge is 0.378 e. The molecule has 144 valence electrons. The van der Waals surface area contributed by atoms with Gasteiger partial charge in [0, 0.05) is 24.7 Å². The molecular formula is C19H28ClN3O3. The van der Waals surface area contributed by atoms with Crippen molar-refractivity contribution in [1.82, 2.24) is 4.90 Å². The van der Waals surface area contributed by atoms with Gasteiger partial charge in [0.25, 0.3) is 0 Å². The maximum atomic E-state index is 12.4. The number of carbonyl (C=O) groups excluding carboxylic acids is 2. The van der Waals surface area contributed by atoms with Gasteiger partial charge < -0.3 is 20.7 Å². The summed E-state index contributed by atoms with van der Waals surface area (Å²) in [6.07, 6.45) is 3.41. The first-order valence-electron chi connectivity index (χ1n) is 9.13. The number of anilines is 1. The molecule has 1 aliphatic heterocycles. The quantitative estimate of drug-likeness (QED) is 0.814. The summed E-state index contributed by atoms with van der Waals surface area (Å²) in [5.74, 6) is 0.500. The summed E-state index contributed by atoms with van der Waals surface area (Å²) in [6, 6.07) is 7.55. The number of carbonyl (C=O) groups is 2. The van der Waals surface area contributed by atoms with Crippen molar-refractivity contribution in [3.8, 4) is 0 Å². The minimum absolute atomic E-state index is 0. The van der Waals surface area contributed by atoms with E-state index in [0.29, 0.717) is 45.2 Å². The number of amides is 2. The highest BCUT2D eigenvalue weighted by atomic mass is 35.5. The molecule has 0 bridgehead atoms. The number of halogens is 1. The third-order valence-electron chi connectivity index (χ3n) is 5.24. The Labute approximate surface area is 160 Å². The van der Waals surface area contributed by atoms with Crippen LogP contribution in [0.2, 0.25) is 0 Å². The fourth-order valence-electron chi connectivity index (χ4n) is 3.70. The molecule has 0 aromatic heterocycles. The van der Waals surface area contributed by atoms with E-state index in [1.165, 1.54) is 0 Å². The predicted octanol–water partition coefficient (Wildman–Crippen LogP) is 1.82. The summed E-state index contributed by atoms with van der Waals surface area (Å²) in [4.78, 5) is 26.5. The average molecular weight is 382 g/mol. The molecule has 1 aliphatic carbocycles. The first-order chi connectivity index (χ1) is 12.2. The van der Waals surface area contributed by atoms with Crippen LogP contribution in [0.1, 0.15) is 24.8 Å². The van der Waals surface area contributed by atoms with E-state index < -0.39 is 0 Å². The van der Waals surface area contributed by atoms with Crippen LogP contribution in [0.3, 0.4) is 0 Å². The highest BCUT2D eigenvalue weighted by Gasteiger charge is 2.31. The monoisotopic (exact) mass is 381 g/mol. The standard InChI is InChI=1S/C19H27N3O3.ClH/c20-13-15-2-1-3-17(15)19(24)21-16-6-4-14(5-7-16)12-18(23)22-8-10-25-11-9-22;/h4-7,15,17H,1-3,8-13,20H2,(H,21,24);1H/t15-,17-;/m1./s1. The Morgan fingerprint density at radius 3 is 2.50 bits per heavy atom. The third-order valence-corrected chi connectivity index (χ3v) is 5.24. The van der Waals surface area contributed by atoms with Gasteiger partial charge in [-0.3, -0.25) is 9.59 Å². The topological polar surface area (TPSA) is 84.7 Å². The second-order valence-electron chi connectivity index (χ2n) is 6.89. The maximum absolute atomic E-state index is 12.4. The highest BCUT2D eigenvalue weighted by Crippen LogP contribution is 2.31. The van der Waals surface area contributed by atoms with Crippen molar-refractivity contribution in [3.63, 3.8) is 0 Å². The molecule has 2 aliphatic rings. The summed E-state index contributed by atoms with van der Waals surface area (Å²) >= 11 is 0. The van der Waals surface area contributed by atoms with Crippen molar-refractivity contribution < 1.29 is 14.3 Å². The number of ether oxygens (including phenoxy) is 1. The van der Waals surface area contributed by atoms with E-state index in [-0.39, 0.29) is 30.1 Å². The van der Waals surface area contributed by atoms with Crippen molar-refractivity contribution in [2.45, 2.75) is 25.7 Å². The first kappa shape index (κ1) is 20.7. The molecule has 1 aromatic rings. The fourth-order valence-corrected chi connectivity index (χ4v) is 3.70. The first-order valence-corrected chi connectivity index (χ1v) is 9.13. The van der Waals surface area contributed by atoms with Crippen molar-refractivity contribution in [3.05, 3.63) is 29.8 Å². The number of hydrogen-bond donors (Lipinski definition) is 2. The fraction of sp³-hybridized carbons (Fsp3) is 0.579. The highest BCUT2D eigenvalue weighted by molar-refractivity contribution is 5.93. The van der Waals surface area contributed by atoms with Gasteiger partial charge in [-0.25, -0.2) is 0 Å². The number of nitrogens with two attached hydrogens (primary N) is 1. The second kappa shape index (κ2) is 9.90. The van der Waals surface area contributed by atoms with Crippen LogP contribution in [-0.4, -0.2) is 49.6 Å². The molecule has 0 spiro atoms. The van der Waals surface area contributed by atoms with Gasteiger partial charge in [-0.1, -0.05) is 18.6 Å². The smallest absolute Gasteiger partial charge is 0.227 e. The van der Waals surface area contributed by atoms with E-state index in [1.54, 1.807) is 0 Å². The summed E-state index contributed by atoms with van der Waals surface area (Å²) in [5, 5.41) is 2.99. The van der Waals surface area contributed by atoms with E-state index in [2.05, 4.69) is 5.32 Å². The zero-order valence-electron chi connectivity index (χ0n) is 15.0. The Hall–Kier alpha value is -1.63. The molecule has 2 atom stereocenters. The summed E-state index contributed by atoms with van der Waals surface area (Å²) in [7, 11) is 0. The van der Waals surface area contributed by atoms with Crippen LogP contribution in [-0.2, 0) is 20.7 Å². The zero-order valence-corrected chi connectivity index (χ0v) is 15.8. The van der Waals surface area contributed by atoms with Crippen LogP contribution in [0.4, 0.5) is 5.69 Å². The van der Waals surface area contributed by atoms with Gasteiger partial charge in [0.2, 0.25) is 11.8 Å². The molecule has 3 N–H and O–H groups in total. The third kappa shape index (κ3) is 5.19. The van der Waals surface area contributed by atoms with Crippen molar-refractivity contribution in [1.29, 1.82) is 0 Å². The number of nitrogens with one attached hydrogen (secondary N) is 1. The number of nitrogens with zero attached hydrogens (tertiary/aromatic N) is 1. The van der Waals surface area contributed by atoms with Gasteiger partial charge in [-0.2, -0.15) is 0 Å². The van der Waals surface area contributed by atoms with Crippen molar-refractivity contribution >= 4 is 29.9 Å². The molecule has 7 heteroatoms. The molecule has 1 aromatic carbocycles. The number of benzene rings is 1. The van der Waals surface area contributed by atoms with Crippen LogP contribution >= 0.6 is 12.4 Å². The summed E-state index contributed by atoms with van der Waals surface area (Å²) in [6.45, 7) is 3.12. The summed E-state index contributed by atoms with van der Waals surface area (Å²) < 4.78 is 5.27. The molecule has 1 heterocycles. The van der Waals surface area contributed by atoms with Crippen LogP contribution < -0.4 is 11.1 Å². The maximum Gasteiger partial charge on any atom is 0.227 e. The van der Waals surface area contributed by atoms with E-state index >= 15 is 0 Å². The number of hydrogen-bond acceptors (Lipinski definition) is 4. The van der Waals surface area contributed by atoms with Crippen LogP contribution in [0.25, 0.3) is 0 Å². The molecule has 6 nitrogen and oxygen atoms in total. The molecule has 1 saturated carbocycles. The molecule has 0 radical (unpaired) electrons. The zero-order chi connectivity index (χ0) is 17.6. The Kier molecular flexibility index (Phi) is 7.87. The number of rotatable bonds is 5. The average Bonchev–Trinajstić information content (AvgIpc) is 3.13. The van der Waals surface area contributed by atoms with Gasteiger partial charge in [-0.05, 0) is 43.0 Å². The Morgan fingerprint density at radius 1 is 1.15 bits per heavy atom. The normalized spacial score (nSPS) is 22.6. The van der Waals surface area contributed by atoms with Gasteiger partial charge in [0.1, 0.15) is 0 Å². The SMILES string of the molecule is Cl.NC[C@H]1CCC[C@H]1C(=O)Nc1ccc(CC(=O)N2CCOCC2)cc1.